The van der Waals surface area contributed by atoms with E-state index in [0.717, 1.165) is 0 Å². The van der Waals surface area contributed by atoms with Gasteiger partial charge < -0.3 is 19.8 Å². The molecule has 29 heavy (non-hydrogen) atoms. The number of amides is 2. The number of furan rings is 1. The standard InChI is InChI=1S/C18H19FN4O6/c1-11(24)21-9-14-10-22(18(25)29-14)12-2-4-16(15(19)8-12)20-7-6-13-3-5-17(28-13)23(26)27/h2-5,8,14,20H,6-7,9-10H2,1H3,(H,21,24). The quantitative estimate of drug-likeness (QED) is 0.509. The summed E-state index contributed by atoms with van der Waals surface area (Å²) in [5, 5.41) is 16.1. The van der Waals surface area contributed by atoms with Crippen LogP contribution in [0.1, 0.15) is 12.7 Å². The summed E-state index contributed by atoms with van der Waals surface area (Å²) in [4.78, 5) is 34.2. The average Bonchev–Trinajstić information content (AvgIpc) is 3.28. The summed E-state index contributed by atoms with van der Waals surface area (Å²) in [5.74, 6) is -0.729. The van der Waals surface area contributed by atoms with Crippen LogP contribution in [0.15, 0.2) is 34.7 Å². The second kappa shape index (κ2) is 8.59. The van der Waals surface area contributed by atoms with Gasteiger partial charge in [-0.2, -0.15) is 0 Å². The van der Waals surface area contributed by atoms with Gasteiger partial charge in [-0.25, -0.2) is 9.18 Å². The lowest BCUT2D eigenvalue weighted by molar-refractivity contribution is -0.402. The number of nitrogens with one attached hydrogen (secondary N) is 2. The summed E-state index contributed by atoms with van der Waals surface area (Å²) in [6.45, 7) is 2.04. The summed E-state index contributed by atoms with van der Waals surface area (Å²) in [6, 6.07) is 7.03. The molecule has 0 spiro atoms. The molecule has 1 saturated heterocycles. The molecule has 1 aliphatic heterocycles. The molecule has 11 heteroatoms. The zero-order valence-electron chi connectivity index (χ0n) is 15.5. The van der Waals surface area contributed by atoms with Crippen LogP contribution >= 0.6 is 0 Å². The van der Waals surface area contributed by atoms with Crippen LogP contribution in [-0.2, 0) is 16.0 Å². The minimum atomic E-state index is -0.626. The van der Waals surface area contributed by atoms with Crippen LogP contribution in [0.2, 0.25) is 0 Å². The van der Waals surface area contributed by atoms with Crippen molar-refractivity contribution in [1.29, 1.82) is 0 Å². The zero-order valence-corrected chi connectivity index (χ0v) is 15.5. The molecule has 2 N–H and O–H groups in total. The maximum atomic E-state index is 14.4. The second-order valence-electron chi connectivity index (χ2n) is 6.39. The number of carbonyl (C=O) groups is 2. The Morgan fingerprint density at radius 2 is 2.17 bits per heavy atom. The molecule has 1 aromatic carbocycles. The van der Waals surface area contributed by atoms with E-state index >= 15 is 0 Å². The van der Waals surface area contributed by atoms with Gasteiger partial charge in [-0.15, -0.1) is 0 Å². The van der Waals surface area contributed by atoms with Crippen molar-refractivity contribution < 1.29 is 28.1 Å². The average molecular weight is 406 g/mol. The number of hydrogen-bond donors (Lipinski definition) is 2. The molecular weight excluding hydrogens is 387 g/mol. The van der Waals surface area contributed by atoms with Crippen molar-refractivity contribution in [2.75, 3.05) is 29.9 Å². The Hall–Kier alpha value is -3.63. The maximum Gasteiger partial charge on any atom is 0.433 e. The van der Waals surface area contributed by atoms with Gasteiger partial charge in [-0.05, 0) is 24.3 Å². The van der Waals surface area contributed by atoms with E-state index in [1.54, 1.807) is 6.07 Å². The first kappa shape index (κ1) is 20.1. The predicted molar refractivity (Wildman–Crippen MR) is 100 cm³/mol. The van der Waals surface area contributed by atoms with Crippen molar-refractivity contribution in [3.63, 3.8) is 0 Å². The molecule has 154 valence electrons. The summed E-state index contributed by atoms with van der Waals surface area (Å²) in [6.07, 6.45) is -0.789. The van der Waals surface area contributed by atoms with E-state index in [-0.39, 0.29) is 30.6 Å². The molecule has 3 rings (SSSR count). The highest BCUT2D eigenvalue weighted by atomic mass is 19.1. The van der Waals surface area contributed by atoms with Gasteiger partial charge in [0.15, 0.2) is 0 Å². The molecule has 1 aliphatic rings. The van der Waals surface area contributed by atoms with Crippen LogP contribution < -0.4 is 15.5 Å². The molecule has 1 fully saturated rings. The molecule has 1 aromatic heterocycles. The van der Waals surface area contributed by atoms with E-state index in [2.05, 4.69) is 10.6 Å². The van der Waals surface area contributed by atoms with Crippen LogP contribution in [0.3, 0.4) is 0 Å². The number of rotatable bonds is 8. The van der Waals surface area contributed by atoms with Crippen molar-refractivity contribution >= 4 is 29.3 Å². The van der Waals surface area contributed by atoms with Crippen LogP contribution in [0.25, 0.3) is 0 Å². The molecule has 1 unspecified atom stereocenters. The lowest BCUT2D eigenvalue weighted by Gasteiger charge is -2.15. The molecule has 0 bridgehead atoms. The topological polar surface area (TPSA) is 127 Å². The third-order valence-electron chi connectivity index (χ3n) is 4.23. The van der Waals surface area contributed by atoms with E-state index in [4.69, 9.17) is 9.15 Å². The van der Waals surface area contributed by atoms with Crippen molar-refractivity contribution in [1.82, 2.24) is 5.32 Å². The number of ether oxygens (including phenoxy) is 1. The normalized spacial score (nSPS) is 15.9. The molecule has 2 amide bonds. The van der Waals surface area contributed by atoms with Crippen LogP contribution in [0.5, 0.6) is 0 Å². The SMILES string of the molecule is CC(=O)NCC1CN(c2ccc(NCCc3ccc([N+](=O)[O-])o3)c(F)c2)C(=O)O1. The van der Waals surface area contributed by atoms with Crippen molar-refractivity contribution in [3.05, 3.63) is 52.0 Å². The van der Waals surface area contributed by atoms with E-state index in [9.17, 15) is 24.1 Å². The van der Waals surface area contributed by atoms with Gasteiger partial charge in [0, 0.05) is 19.9 Å². The molecule has 0 radical (unpaired) electrons. The van der Waals surface area contributed by atoms with E-state index in [1.165, 1.54) is 36.1 Å². The Labute approximate surface area is 164 Å². The number of halogens is 1. The first-order valence-corrected chi connectivity index (χ1v) is 8.82. The summed E-state index contributed by atoms with van der Waals surface area (Å²) >= 11 is 0. The largest absolute Gasteiger partial charge is 0.442 e. The first-order chi connectivity index (χ1) is 13.8. The van der Waals surface area contributed by atoms with E-state index < -0.39 is 22.9 Å². The smallest absolute Gasteiger partial charge is 0.433 e. The highest BCUT2D eigenvalue weighted by Crippen LogP contribution is 2.26. The zero-order chi connectivity index (χ0) is 21.0. The third kappa shape index (κ3) is 5.00. The fourth-order valence-corrected chi connectivity index (χ4v) is 2.83. The molecule has 10 nitrogen and oxygen atoms in total. The predicted octanol–water partition coefficient (Wildman–Crippen LogP) is 2.44. The number of carbonyl (C=O) groups excluding carboxylic acids is 2. The Morgan fingerprint density at radius 1 is 1.38 bits per heavy atom. The van der Waals surface area contributed by atoms with Crippen molar-refractivity contribution in [2.45, 2.75) is 19.4 Å². The number of cyclic esters (lactones) is 1. The summed E-state index contributed by atoms with van der Waals surface area (Å²) in [7, 11) is 0. The van der Waals surface area contributed by atoms with Gasteiger partial charge in [0.05, 0.1) is 30.5 Å². The van der Waals surface area contributed by atoms with Crippen LogP contribution in [0.4, 0.5) is 26.4 Å². The highest BCUT2D eigenvalue weighted by Gasteiger charge is 2.32. The van der Waals surface area contributed by atoms with Gasteiger partial charge in [0.1, 0.15) is 22.6 Å². The first-order valence-electron chi connectivity index (χ1n) is 8.82. The lowest BCUT2D eigenvalue weighted by Crippen LogP contribution is -2.33. The second-order valence-corrected chi connectivity index (χ2v) is 6.39. The number of nitrogens with zero attached hydrogens (tertiary/aromatic N) is 2. The molecular formula is C18H19FN4O6. The fraction of sp³-hybridized carbons (Fsp3) is 0.333. The third-order valence-corrected chi connectivity index (χ3v) is 4.23. The Morgan fingerprint density at radius 3 is 2.83 bits per heavy atom. The minimum Gasteiger partial charge on any atom is -0.442 e. The monoisotopic (exact) mass is 406 g/mol. The van der Waals surface area contributed by atoms with Gasteiger partial charge in [-0.1, -0.05) is 0 Å². The van der Waals surface area contributed by atoms with Gasteiger partial charge >= 0.3 is 12.0 Å². The number of benzene rings is 1. The minimum absolute atomic E-state index is 0.185. The highest BCUT2D eigenvalue weighted by molar-refractivity contribution is 5.90. The number of nitro groups is 1. The summed E-state index contributed by atoms with van der Waals surface area (Å²) < 4.78 is 24.6. The van der Waals surface area contributed by atoms with Gasteiger partial charge in [0.2, 0.25) is 5.91 Å². The van der Waals surface area contributed by atoms with Gasteiger partial charge in [-0.3, -0.25) is 19.8 Å². The fourth-order valence-electron chi connectivity index (χ4n) is 2.83. The number of hydrogen-bond acceptors (Lipinski definition) is 7. The van der Waals surface area contributed by atoms with Gasteiger partial charge in [0.25, 0.3) is 0 Å². The lowest BCUT2D eigenvalue weighted by atomic mass is 10.2. The Kier molecular flexibility index (Phi) is 5.96. The summed E-state index contributed by atoms with van der Waals surface area (Å²) in [5.41, 5.74) is 0.558. The van der Waals surface area contributed by atoms with E-state index in [1.807, 2.05) is 0 Å². The molecule has 1 atom stereocenters. The molecule has 0 saturated carbocycles. The van der Waals surface area contributed by atoms with E-state index in [0.29, 0.717) is 24.4 Å². The molecule has 2 aromatic rings. The van der Waals surface area contributed by atoms with Crippen molar-refractivity contribution in [3.8, 4) is 0 Å². The molecule has 2 heterocycles. The van der Waals surface area contributed by atoms with Crippen molar-refractivity contribution in [2.24, 2.45) is 0 Å². The Bertz CT molecular complexity index is 931. The van der Waals surface area contributed by atoms with Crippen LogP contribution in [0, 0.1) is 15.9 Å². The number of anilines is 2. The molecule has 0 aliphatic carbocycles. The maximum absolute atomic E-state index is 14.4. The van der Waals surface area contributed by atoms with Crippen LogP contribution in [-0.4, -0.2) is 42.7 Å². The Balaban J connectivity index is 1.56.